The Balaban J connectivity index is 0.00000364. The number of halogens is 1. The number of amides is 1. The van der Waals surface area contributed by atoms with Crippen molar-refractivity contribution in [1.82, 2.24) is 20.4 Å². The molecule has 156 valence electrons. The van der Waals surface area contributed by atoms with Crippen LogP contribution in [-0.2, 0) is 4.79 Å². The number of piperidine rings is 1. The predicted octanol–water partition coefficient (Wildman–Crippen LogP) is 2.60. The van der Waals surface area contributed by atoms with Gasteiger partial charge in [-0.25, -0.2) is 4.99 Å². The van der Waals surface area contributed by atoms with Crippen molar-refractivity contribution in [3.8, 4) is 0 Å². The van der Waals surface area contributed by atoms with Crippen LogP contribution in [0, 0.1) is 0 Å². The topological polar surface area (TPSA) is 60.0 Å². The van der Waals surface area contributed by atoms with Crippen LogP contribution in [0.3, 0.4) is 0 Å². The van der Waals surface area contributed by atoms with Gasteiger partial charge >= 0.3 is 0 Å². The standard InChI is InChI=1S/C20H37N5O.HI/c1-16(2)14-21-20(22-15-19(26)24(3)4)23-17-10-12-25(13-11-17)18-8-6-5-7-9-18;/h17-18H,1,5-15H2,2-4H3,(H2,21,22,23);1H. The highest BCUT2D eigenvalue weighted by molar-refractivity contribution is 14.0. The summed E-state index contributed by atoms with van der Waals surface area (Å²) < 4.78 is 0. The van der Waals surface area contributed by atoms with E-state index >= 15 is 0 Å². The molecule has 1 heterocycles. The summed E-state index contributed by atoms with van der Waals surface area (Å²) in [5, 5.41) is 6.82. The molecule has 1 amide bonds. The Morgan fingerprint density at radius 3 is 2.33 bits per heavy atom. The van der Waals surface area contributed by atoms with E-state index in [2.05, 4.69) is 27.1 Å². The van der Waals surface area contributed by atoms with E-state index in [-0.39, 0.29) is 36.4 Å². The molecule has 1 saturated heterocycles. The Morgan fingerprint density at radius 2 is 1.78 bits per heavy atom. The first-order valence-corrected chi connectivity index (χ1v) is 10.1. The predicted molar refractivity (Wildman–Crippen MR) is 124 cm³/mol. The zero-order chi connectivity index (χ0) is 18.9. The molecule has 7 heteroatoms. The number of nitrogens with one attached hydrogen (secondary N) is 2. The molecule has 1 aliphatic heterocycles. The lowest BCUT2D eigenvalue weighted by atomic mass is 9.92. The number of aliphatic imine (C=N–C) groups is 1. The summed E-state index contributed by atoms with van der Waals surface area (Å²) in [6.45, 7) is 9.07. The van der Waals surface area contributed by atoms with Crippen molar-refractivity contribution in [3.05, 3.63) is 12.2 Å². The van der Waals surface area contributed by atoms with Crippen LogP contribution in [0.2, 0.25) is 0 Å². The molecule has 1 aliphatic carbocycles. The number of hydrogen-bond donors (Lipinski definition) is 2. The van der Waals surface area contributed by atoms with Gasteiger partial charge in [-0.15, -0.1) is 24.0 Å². The number of carbonyl (C=O) groups is 1. The van der Waals surface area contributed by atoms with E-state index in [1.807, 2.05) is 6.92 Å². The van der Waals surface area contributed by atoms with Gasteiger partial charge in [0.25, 0.3) is 0 Å². The van der Waals surface area contributed by atoms with E-state index in [9.17, 15) is 4.79 Å². The largest absolute Gasteiger partial charge is 0.354 e. The number of carbonyl (C=O) groups excluding carboxylic acids is 1. The number of guanidine groups is 1. The summed E-state index contributed by atoms with van der Waals surface area (Å²) in [5.74, 6) is 0.729. The van der Waals surface area contributed by atoms with Crippen LogP contribution in [0.15, 0.2) is 17.1 Å². The summed E-state index contributed by atoms with van der Waals surface area (Å²) >= 11 is 0. The van der Waals surface area contributed by atoms with Crippen molar-refractivity contribution in [2.45, 2.75) is 64.0 Å². The molecule has 1 saturated carbocycles. The van der Waals surface area contributed by atoms with E-state index < -0.39 is 0 Å². The van der Waals surface area contributed by atoms with E-state index in [1.165, 1.54) is 32.1 Å². The van der Waals surface area contributed by atoms with E-state index in [1.54, 1.807) is 19.0 Å². The lowest BCUT2D eigenvalue weighted by Gasteiger charge is -2.39. The van der Waals surface area contributed by atoms with Crippen LogP contribution in [0.5, 0.6) is 0 Å². The molecule has 0 aromatic heterocycles. The molecule has 2 rings (SSSR count). The minimum Gasteiger partial charge on any atom is -0.354 e. The van der Waals surface area contributed by atoms with Crippen LogP contribution in [0.25, 0.3) is 0 Å². The third-order valence-corrected chi connectivity index (χ3v) is 5.39. The van der Waals surface area contributed by atoms with Gasteiger partial charge in [0.2, 0.25) is 5.91 Å². The average Bonchev–Trinajstić information content (AvgIpc) is 2.64. The third-order valence-electron chi connectivity index (χ3n) is 5.39. The Morgan fingerprint density at radius 1 is 1.15 bits per heavy atom. The summed E-state index contributed by atoms with van der Waals surface area (Å²) in [5.41, 5.74) is 1.05. The molecule has 0 atom stereocenters. The van der Waals surface area contributed by atoms with Gasteiger partial charge in [-0.3, -0.25) is 4.79 Å². The van der Waals surface area contributed by atoms with Gasteiger partial charge < -0.3 is 20.4 Å². The molecule has 2 aliphatic rings. The second kappa shape index (κ2) is 12.6. The Hall–Kier alpha value is -0.830. The highest BCUT2D eigenvalue weighted by atomic mass is 127. The molecule has 0 spiro atoms. The highest BCUT2D eigenvalue weighted by Crippen LogP contribution is 2.25. The van der Waals surface area contributed by atoms with Gasteiger partial charge in [0.15, 0.2) is 5.96 Å². The normalized spacial score (nSPS) is 19.9. The molecule has 0 radical (unpaired) electrons. The fraction of sp³-hybridized carbons (Fsp3) is 0.800. The van der Waals surface area contributed by atoms with Crippen LogP contribution in [0.4, 0.5) is 0 Å². The van der Waals surface area contributed by atoms with Crippen LogP contribution >= 0.6 is 24.0 Å². The van der Waals surface area contributed by atoms with Crippen molar-refractivity contribution < 1.29 is 4.79 Å². The average molecular weight is 491 g/mol. The number of hydrogen-bond acceptors (Lipinski definition) is 3. The van der Waals surface area contributed by atoms with Gasteiger partial charge in [0.1, 0.15) is 6.54 Å². The lowest BCUT2D eigenvalue weighted by molar-refractivity contribution is -0.127. The number of likely N-dealkylation sites (tertiary alicyclic amines) is 1. The van der Waals surface area contributed by atoms with Gasteiger partial charge in [0, 0.05) is 45.8 Å². The van der Waals surface area contributed by atoms with Crippen molar-refractivity contribution in [1.29, 1.82) is 0 Å². The number of likely N-dealkylation sites (N-methyl/N-ethyl adjacent to an activating group) is 1. The first-order valence-electron chi connectivity index (χ1n) is 10.1. The zero-order valence-electron chi connectivity index (χ0n) is 17.3. The molecule has 2 N–H and O–H groups in total. The van der Waals surface area contributed by atoms with Crippen LogP contribution in [-0.4, -0.2) is 74.0 Å². The molecular weight excluding hydrogens is 453 g/mol. The summed E-state index contributed by atoms with van der Waals surface area (Å²) in [6.07, 6.45) is 9.20. The second-order valence-electron chi connectivity index (χ2n) is 8.01. The van der Waals surface area contributed by atoms with Gasteiger partial charge in [0.05, 0.1) is 0 Å². The van der Waals surface area contributed by atoms with Gasteiger partial charge in [-0.2, -0.15) is 0 Å². The van der Waals surface area contributed by atoms with E-state index in [0.717, 1.165) is 43.5 Å². The minimum absolute atomic E-state index is 0. The Kier molecular flexibility index (Phi) is 11.3. The summed E-state index contributed by atoms with van der Waals surface area (Å²) in [6, 6.07) is 1.22. The van der Waals surface area contributed by atoms with Crippen molar-refractivity contribution in [2.24, 2.45) is 4.99 Å². The van der Waals surface area contributed by atoms with Crippen molar-refractivity contribution in [2.75, 3.05) is 40.3 Å². The van der Waals surface area contributed by atoms with Gasteiger partial charge in [-0.05, 0) is 32.6 Å². The highest BCUT2D eigenvalue weighted by Gasteiger charge is 2.26. The zero-order valence-corrected chi connectivity index (χ0v) is 19.6. The summed E-state index contributed by atoms with van der Waals surface area (Å²) in [7, 11) is 3.51. The molecular formula is C20H38IN5O. The maximum absolute atomic E-state index is 11.8. The number of rotatable bonds is 6. The SMILES string of the molecule is C=C(C)CNC(=NCC(=O)N(C)C)NC1CCN(C2CCCCC2)CC1.I. The van der Waals surface area contributed by atoms with E-state index in [0.29, 0.717) is 12.6 Å². The van der Waals surface area contributed by atoms with Crippen LogP contribution < -0.4 is 10.6 Å². The maximum atomic E-state index is 11.8. The Labute approximate surface area is 182 Å². The van der Waals surface area contributed by atoms with Crippen molar-refractivity contribution in [3.63, 3.8) is 0 Å². The first-order chi connectivity index (χ1) is 12.5. The van der Waals surface area contributed by atoms with E-state index in [4.69, 9.17) is 0 Å². The molecule has 0 aromatic rings. The minimum atomic E-state index is 0. The van der Waals surface area contributed by atoms with Crippen molar-refractivity contribution >= 4 is 35.8 Å². The fourth-order valence-corrected chi connectivity index (χ4v) is 3.72. The maximum Gasteiger partial charge on any atom is 0.243 e. The number of nitrogens with zero attached hydrogens (tertiary/aromatic N) is 3. The smallest absolute Gasteiger partial charge is 0.243 e. The lowest BCUT2D eigenvalue weighted by Crippen LogP contribution is -2.51. The Bertz CT molecular complexity index is 495. The molecule has 0 bridgehead atoms. The molecule has 0 aromatic carbocycles. The quantitative estimate of drug-likeness (QED) is 0.260. The van der Waals surface area contributed by atoms with Gasteiger partial charge in [-0.1, -0.05) is 31.4 Å². The van der Waals surface area contributed by atoms with Crippen LogP contribution in [0.1, 0.15) is 51.9 Å². The molecule has 0 unspecified atom stereocenters. The third kappa shape index (κ3) is 8.81. The summed E-state index contributed by atoms with van der Waals surface area (Å²) in [4.78, 5) is 20.6. The molecule has 27 heavy (non-hydrogen) atoms. The monoisotopic (exact) mass is 491 g/mol. The first kappa shape index (κ1) is 24.2. The molecule has 2 fully saturated rings. The molecule has 6 nitrogen and oxygen atoms in total. The fourth-order valence-electron chi connectivity index (χ4n) is 3.72. The second-order valence-corrected chi connectivity index (χ2v) is 8.01.